The molecule has 6 nitrogen and oxygen atoms in total. The number of alkyl halides is 3. The average molecular weight is 486 g/mol. The molecule has 0 aliphatic heterocycles. The summed E-state index contributed by atoms with van der Waals surface area (Å²) >= 11 is 4.27. The summed E-state index contributed by atoms with van der Waals surface area (Å²) in [5, 5.41) is 10.5. The minimum absolute atomic E-state index is 0.0104. The van der Waals surface area contributed by atoms with Crippen LogP contribution in [-0.4, -0.2) is 37.6 Å². The summed E-state index contributed by atoms with van der Waals surface area (Å²) in [5.41, 5.74) is 2.01. The molecule has 0 atom stereocenters. The molecule has 11 heteroatoms. The summed E-state index contributed by atoms with van der Waals surface area (Å²) in [5.74, 6) is -0.401. The lowest BCUT2D eigenvalue weighted by molar-refractivity contribution is -0.141. The Labute approximate surface area is 177 Å². The Hall–Kier alpha value is -2.40. The molecule has 0 aliphatic rings. The fourth-order valence-electron chi connectivity index (χ4n) is 2.48. The third-order valence-corrected chi connectivity index (χ3v) is 5.62. The Balaban J connectivity index is 1.75. The first-order chi connectivity index (χ1) is 13.7. The van der Waals surface area contributed by atoms with Gasteiger partial charge in [-0.05, 0) is 42.8 Å². The largest absolute Gasteiger partial charge is 0.406 e. The average Bonchev–Trinajstić information content (AvgIpc) is 3.04. The van der Waals surface area contributed by atoms with Crippen molar-refractivity contribution < 1.29 is 18.0 Å². The van der Waals surface area contributed by atoms with E-state index in [2.05, 4.69) is 36.4 Å². The molecule has 0 saturated carbocycles. The third kappa shape index (κ3) is 5.80. The number of amides is 1. The molecule has 3 aromatic rings. The Bertz CT molecular complexity index is 1010. The SMILES string of the molecule is Cc1cc(NC(=O)CSc2nnc(-c3ccncc3)n2CC(F)(F)F)ccc1Br. The molecule has 1 aromatic carbocycles. The molecule has 0 radical (unpaired) electrons. The first-order valence-corrected chi connectivity index (χ1v) is 10.1. The number of carbonyl (C=O) groups excluding carboxylic acids is 1. The van der Waals surface area contributed by atoms with E-state index in [4.69, 9.17) is 0 Å². The maximum atomic E-state index is 13.1. The van der Waals surface area contributed by atoms with E-state index in [-0.39, 0.29) is 22.6 Å². The zero-order chi connectivity index (χ0) is 21.0. The van der Waals surface area contributed by atoms with E-state index >= 15 is 0 Å². The number of nitrogens with one attached hydrogen (secondary N) is 1. The van der Waals surface area contributed by atoms with Gasteiger partial charge in [0.15, 0.2) is 11.0 Å². The molecule has 2 heterocycles. The normalized spacial score (nSPS) is 11.5. The second-order valence-corrected chi connectivity index (χ2v) is 7.84. The molecule has 0 saturated heterocycles. The minimum atomic E-state index is -4.46. The lowest BCUT2D eigenvalue weighted by Crippen LogP contribution is -2.20. The molecule has 0 aliphatic carbocycles. The predicted molar refractivity (Wildman–Crippen MR) is 108 cm³/mol. The number of hydrogen-bond acceptors (Lipinski definition) is 5. The highest BCUT2D eigenvalue weighted by Crippen LogP contribution is 2.28. The first kappa shape index (κ1) is 21.3. The molecule has 0 unspecified atom stereocenters. The Morgan fingerprint density at radius 2 is 1.93 bits per heavy atom. The van der Waals surface area contributed by atoms with Gasteiger partial charge in [0.1, 0.15) is 6.54 Å². The number of nitrogens with zero attached hydrogens (tertiary/aromatic N) is 4. The number of rotatable bonds is 6. The zero-order valence-corrected chi connectivity index (χ0v) is 17.5. The van der Waals surface area contributed by atoms with Gasteiger partial charge in [-0.15, -0.1) is 10.2 Å². The van der Waals surface area contributed by atoms with Crippen molar-refractivity contribution in [2.45, 2.75) is 24.8 Å². The monoisotopic (exact) mass is 485 g/mol. The van der Waals surface area contributed by atoms with Crippen molar-refractivity contribution in [2.24, 2.45) is 0 Å². The maximum absolute atomic E-state index is 13.1. The molecule has 29 heavy (non-hydrogen) atoms. The lowest BCUT2D eigenvalue weighted by Gasteiger charge is -2.12. The van der Waals surface area contributed by atoms with Crippen molar-refractivity contribution in [3.8, 4) is 11.4 Å². The van der Waals surface area contributed by atoms with Gasteiger partial charge >= 0.3 is 6.18 Å². The summed E-state index contributed by atoms with van der Waals surface area (Å²) in [7, 11) is 0. The highest BCUT2D eigenvalue weighted by molar-refractivity contribution is 9.10. The fourth-order valence-corrected chi connectivity index (χ4v) is 3.47. The highest BCUT2D eigenvalue weighted by Gasteiger charge is 2.31. The summed E-state index contributed by atoms with van der Waals surface area (Å²) in [6.07, 6.45) is -1.54. The summed E-state index contributed by atoms with van der Waals surface area (Å²) < 4.78 is 41.1. The third-order valence-electron chi connectivity index (χ3n) is 3.77. The van der Waals surface area contributed by atoms with Crippen molar-refractivity contribution in [1.82, 2.24) is 19.7 Å². The number of hydrogen-bond donors (Lipinski definition) is 1. The fraction of sp³-hybridized carbons (Fsp3) is 0.222. The summed E-state index contributed by atoms with van der Waals surface area (Å²) in [6.45, 7) is 0.627. The van der Waals surface area contributed by atoms with Gasteiger partial charge in [0.05, 0.1) is 5.75 Å². The van der Waals surface area contributed by atoms with Crippen molar-refractivity contribution in [3.05, 3.63) is 52.8 Å². The van der Waals surface area contributed by atoms with Crippen LogP contribution < -0.4 is 5.32 Å². The van der Waals surface area contributed by atoms with Crippen LogP contribution >= 0.6 is 27.7 Å². The number of anilines is 1. The molecule has 1 amide bonds. The van der Waals surface area contributed by atoms with Crippen LogP contribution in [0, 0.1) is 6.92 Å². The molecule has 152 valence electrons. The van der Waals surface area contributed by atoms with E-state index < -0.39 is 12.7 Å². The van der Waals surface area contributed by atoms with E-state index in [1.54, 1.807) is 30.3 Å². The van der Waals surface area contributed by atoms with Gasteiger partial charge in [-0.1, -0.05) is 27.7 Å². The second-order valence-electron chi connectivity index (χ2n) is 6.04. The molecular formula is C18H15BrF3N5OS. The Kier molecular flexibility index (Phi) is 6.58. The van der Waals surface area contributed by atoms with Gasteiger partial charge in [-0.25, -0.2) is 0 Å². The molecule has 1 N–H and O–H groups in total. The first-order valence-electron chi connectivity index (χ1n) is 8.32. The van der Waals surface area contributed by atoms with Gasteiger partial charge in [0, 0.05) is 28.1 Å². The summed E-state index contributed by atoms with van der Waals surface area (Å²) in [6, 6.07) is 8.43. The highest BCUT2D eigenvalue weighted by atomic mass is 79.9. The number of carbonyl (C=O) groups is 1. The van der Waals surface area contributed by atoms with Crippen LogP contribution in [0.2, 0.25) is 0 Å². The van der Waals surface area contributed by atoms with Crippen LogP contribution in [0.1, 0.15) is 5.56 Å². The summed E-state index contributed by atoms with van der Waals surface area (Å²) in [4.78, 5) is 16.1. The topological polar surface area (TPSA) is 72.7 Å². The maximum Gasteiger partial charge on any atom is 0.406 e. The van der Waals surface area contributed by atoms with Gasteiger partial charge in [-0.2, -0.15) is 13.2 Å². The molecule has 3 rings (SSSR count). The predicted octanol–water partition coefficient (Wildman–Crippen LogP) is 4.70. The number of thioether (sulfide) groups is 1. The standard InChI is InChI=1S/C18H15BrF3N5OS/c1-11-8-13(2-3-14(11)19)24-15(28)9-29-17-26-25-16(12-4-6-23-7-5-12)27(17)10-18(20,21)22/h2-8H,9-10H2,1H3,(H,24,28). The van der Waals surface area contributed by atoms with Gasteiger partial charge in [0.25, 0.3) is 0 Å². The number of pyridine rings is 1. The van der Waals surface area contributed by atoms with Crippen molar-refractivity contribution >= 4 is 39.3 Å². The smallest absolute Gasteiger partial charge is 0.325 e. The molecule has 0 spiro atoms. The van der Waals surface area contributed by atoms with Crippen LogP contribution in [0.4, 0.5) is 18.9 Å². The Morgan fingerprint density at radius 1 is 1.21 bits per heavy atom. The van der Waals surface area contributed by atoms with Crippen molar-refractivity contribution in [3.63, 3.8) is 0 Å². The molecule has 2 aromatic heterocycles. The van der Waals surface area contributed by atoms with Crippen LogP contribution in [0.5, 0.6) is 0 Å². The van der Waals surface area contributed by atoms with E-state index in [0.29, 0.717) is 11.3 Å². The number of aryl methyl sites for hydroxylation is 1. The van der Waals surface area contributed by atoms with Crippen LogP contribution in [0.15, 0.2) is 52.4 Å². The number of benzene rings is 1. The second kappa shape index (κ2) is 8.95. The van der Waals surface area contributed by atoms with Gasteiger partial charge in [0.2, 0.25) is 5.91 Å². The van der Waals surface area contributed by atoms with Crippen molar-refractivity contribution in [2.75, 3.05) is 11.1 Å². The van der Waals surface area contributed by atoms with Gasteiger partial charge in [-0.3, -0.25) is 14.3 Å². The quantitative estimate of drug-likeness (QED) is 0.512. The van der Waals surface area contributed by atoms with E-state index in [9.17, 15) is 18.0 Å². The molecule has 0 bridgehead atoms. The lowest BCUT2D eigenvalue weighted by atomic mass is 10.2. The molecule has 0 fully saturated rings. The Morgan fingerprint density at radius 3 is 2.59 bits per heavy atom. The van der Waals surface area contributed by atoms with Crippen LogP contribution in [0.3, 0.4) is 0 Å². The van der Waals surface area contributed by atoms with Gasteiger partial charge < -0.3 is 5.32 Å². The van der Waals surface area contributed by atoms with E-state index in [0.717, 1.165) is 26.4 Å². The van der Waals surface area contributed by atoms with E-state index in [1.165, 1.54) is 12.4 Å². The molecular weight excluding hydrogens is 471 g/mol. The number of halogens is 4. The van der Waals surface area contributed by atoms with Crippen LogP contribution in [-0.2, 0) is 11.3 Å². The zero-order valence-electron chi connectivity index (χ0n) is 15.1. The van der Waals surface area contributed by atoms with E-state index in [1.807, 2.05) is 6.92 Å². The van der Waals surface area contributed by atoms with Crippen LogP contribution in [0.25, 0.3) is 11.4 Å². The number of aromatic nitrogens is 4. The van der Waals surface area contributed by atoms with Crippen molar-refractivity contribution in [1.29, 1.82) is 0 Å². The minimum Gasteiger partial charge on any atom is -0.325 e.